The molecule has 0 saturated carbocycles. The van der Waals surface area contributed by atoms with E-state index in [0.29, 0.717) is 5.41 Å². The van der Waals surface area contributed by atoms with Gasteiger partial charge < -0.3 is 10.2 Å². The van der Waals surface area contributed by atoms with E-state index in [1.165, 1.54) is 11.1 Å². The molecular weight excluding hydrogens is 308 g/mol. The third kappa shape index (κ3) is 7.85. The molecule has 25 heavy (non-hydrogen) atoms. The maximum Gasteiger partial charge on any atom is 0.0681 e. The van der Waals surface area contributed by atoms with Crippen LogP contribution >= 0.6 is 0 Å². The van der Waals surface area contributed by atoms with Crippen molar-refractivity contribution in [1.29, 1.82) is 0 Å². The number of hydrogen-bond donors (Lipinski definition) is 2. The highest BCUT2D eigenvalue weighted by Gasteiger charge is 2.26. The molecule has 0 bridgehead atoms. The number of rotatable bonds is 4. The minimum absolute atomic E-state index is 0.125. The highest BCUT2D eigenvalue weighted by Crippen LogP contribution is 2.36. The van der Waals surface area contributed by atoms with E-state index in [2.05, 4.69) is 46.8 Å². The standard InChI is InChI=1S/C15H24O.C8H10O/c1-14(2,3)11-15(4,5)13-8-6-12(10-16)7-9-13;1-7-2-4-8(6-9)5-3-7/h6-9,16H,10-11H2,1-5H3;2-5,9H,6H2,1H3. The summed E-state index contributed by atoms with van der Waals surface area (Å²) in [6.45, 7) is 13.7. The third-order valence-electron chi connectivity index (χ3n) is 4.19. The van der Waals surface area contributed by atoms with Gasteiger partial charge in [-0.2, -0.15) is 0 Å². The molecule has 2 N–H and O–H groups in total. The van der Waals surface area contributed by atoms with Gasteiger partial charge in [-0.25, -0.2) is 0 Å². The summed E-state index contributed by atoms with van der Waals surface area (Å²) in [7, 11) is 0. The molecule has 2 heteroatoms. The normalized spacial score (nSPS) is 11.7. The first kappa shape index (κ1) is 21.4. The second kappa shape index (κ2) is 9.17. The SMILES string of the molecule is CC(C)(C)CC(C)(C)c1ccc(CO)cc1.Cc1ccc(CO)cc1. The zero-order valence-electron chi connectivity index (χ0n) is 16.6. The van der Waals surface area contributed by atoms with Crippen LogP contribution in [-0.2, 0) is 18.6 Å². The summed E-state index contributed by atoms with van der Waals surface area (Å²) >= 11 is 0. The maximum absolute atomic E-state index is 9.02. The zero-order chi connectivity index (χ0) is 19.1. The Kier molecular flexibility index (Phi) is 7.85. The fourth-order valence-corrected chi connectivity index (χ4v) is 3.18. The van der Waals surface area contributed by atoms with E-state index in [9.17, 15) is 0 Å². The average Bonchev–Trinajstić information content (AvgIpc) is 2.54. The molecule has 0 fully saturated rings. The van der Waals surface area contributed by atoms with Crippen LogP contribution in [0.2, 0.25) is 0 Å². The van der Waals surface area contributed by atoms with Crippen LogP contribution in [0.3, 0.4) is 0 Å². The predicted molar refractivity (Wildman–Crippen MR) is 107 cm³/mol. The molecule has 138 valence electrons. The fraction of sp³-hybridized carbons (Fsp3) is 0.478. The lowest BCUT2D eigenvalue weighted by Gasteiger charge is -2.33. The summed E-state index contributed by atoms with van der Waals surface area (Å²) in [4.78, 5) is 0. The number of aliphatic hydroxyl groups is 2. The van der Waals surface area contributed by atoms with Gasteiger partial charge in [0, 0.05) is 0 Å². The van der Waals surface area contributed by atoms with Crippen LogP contribution in [0.4, 0.5) is 0 Å². The lowest BCUT2D eigenvalue weighted by molar-refractivity contribution is 0.279. The van der Waals surface area contributed by atoms with Gasteiger partial charge in [-0.1, -0.05) is 88.7 Å². The number of aryl methyl sites for hydroxylation is 1. The van der Waals surface area contributed by atoms with Gasteiger partial charge in [0.05, 0.1) is 13.2 Å². The monoisotopic (exact) mass is 342 g/mol. The fourth-order valence-electron chi connectivity index (χ4n) is 3.18. The Morgan fingerprint density at radius 3 is 1.44 bits per heavy atom. The molecule has 0 spiro atoms. The molecule has 0 atom stereocenters. The van der Waals surface area contributed by atoms with Crippen LogP contribution in [0.15, 0.2) is 48.5 Å². The van der Waals surface area contributed by atoms with Crippen LogP contribution in [-0.4, -0.2) is 10.2 Å². The van der Waals surface area contributed by atoms with E-state index in [4.69, 9.17) is 10.2 Å². The van der Waals surface area contributed by atoms with Crippen molar-refractivity contribution in [1.82, 2.24) is 0 Å². The van der Waals surface area contributed by atoms with E-state index in [1.807, 2.05) is 43.3 Å². The molecule has 0 aliphatic carbocycles. The number of hydrogen-bond acceptors (Lipinski definition) is 2. The highest BCUT2D eigenvalue weighted by molar-refractivity contribution is 5.28. The van der Waals surface area contributed by atoms with Gasteiger partial charge >= 0.3 is 0 Å². The largest absolute Gasteiger partial charge is 0.392 e. The number of aliphatic hydroxyl groups excluding tert-OH is 2. The van der Waals surface area contributed by atoms with Crippen molar-refractivity contribution in [3.05, 3.63) is 70.8 Å². The first-order valence-electron chi connectivity index (χ1n) is 8.94. The van der Waals surface area contributed by atoms with Gasteiger partial charge in [0.1, 0.15) is 0 Å². The van der Waals surface area contributed by atoms with E-state index in [-0.39, 0.29) is 18.6 Å². The molecule has 2 aromatic rings. The van der Waals surface area contributed by atoms with Crippen molar-refractivity contribution in [3.8, 4) is 0 Å². The lowest BCUT2D eigenvalue weighted by atomic mass is 9.72. The molecule has 2 nitrogen and oxygen atoms in total. The average molecular weight is 343 g/mol. The summed E-state index contributed by atoms with van der Waals surface area (Å²) in [6.07, 6.45) is 1.15. The van der Waals surface area contributed by atoms with Gasteiger partial charge in [0.25, 0.3) is 0 Å². The van der Waals surface area contributed by atoms with Gasteiger partial charge in [-0.15, -0.1) is 0 Å². The van der Waals surface area contributed by atoms with E-state index in [0.717, 1.165) is 17.5 Å². The topological polar surface area (TPSA) is 40.5 Å². The molecule has 2 rings (SSSR count). The molecule has 0 heterocycles. The van der Waals surface area contributed by atoms with Crippen molar-refractivity contribution in [3.63, 3.8) is 0 Å². The summed E-state index contributed by atoms with van der Waals surface area (Å²) in [5.74, 6) is 0. The van der Waals surface area contributed by atoms with Crippen molar-refractivity contribution in [2.45, 2.75) is 66.6 Å². The minimum atomic E-state index is 0.125. The summed E-state index contributed by atoms with van der Waals surface area (Å²) < 4.78 is 0. The van der Waals surface area contributed by atoms with Crippen molar-refractivity contribution in [2.75, 3.05) is 0 Å². The van der Waals surface area contributed by atoms with Crippen molar-refractivity contribution >= 4 is 0 Å². The van der Waals surface area contributed by atoms with E-state index >= 15 is 0 Å². The Labute approximate surface area is 153 Å². The molecule has 2 aromatic carbocycles. The van der Waals surface area contributed by atoms with Crippen LogP contribution in [0.5, 0.6) is 0 Å². The highest BCUT2D eigenvalue weighted by atomic mass is 16.3. The molecule has 0 saturated heterocycles. The quantitative estimate of drug-likeness (QED) is 0.783. The van der Waals surface area contributed by atoms with Gasteiger partial charge in [0.2, 0.25) is 0 Å². The molecule has 0 aromatic heterocycles. The minimum Gasteiger partial charge on any atom is -0.392 e. The summed E-state index contributed by atoms with van der Waals surface area (Å²) in [5, 5.41) is 17.6. The van der Waals surface area contributed by atoms with Gasteiger partial charge in [-0.3, -0.25) is 0 Å². The second-order valence-corrected chi connectivity index (χ2v) is 8.62. The summed E-state index contributed by atoms with van der Waals surface area (Å²) in [6, 6.07) is 16.1. The van der Waals surface area contributed by atoms with E-state index < -0.39 is 0 Å². The maximum atomic E-state index is 9.02. The third-order valence-corrected chi connectivity index (χ3v) is 4.19. The summed E-state index contributed by atoms with van der Waals surface area (Å²) in [5.41, 5.74) is 5.05. The van der Waals surface area contributed by atoms with E-state index in [1.54, 1.807) is 0 Å². The van der Waals surface area contributed by atoms with Crippen molar-refractivity contribution in [2.24, 2.45) is 5.41 Å². The molecule has 0 aliphatic rings. The smallest absolute Gasteiger partial charge is 0.0681 e. The molecule has 0 radical (unpaired) electrons. The van der Waals surface area contributed by atoms with Crippen molar-refractivity contribution < 1.29 is 10.2 Å². The molecule has 0 unspecified atom stereocenters. The number of benzene rings is 2. The van der Waals surface area contributed by atoms with Crippen LogP contribution in [0.1, 0.15) is 63.3 Å². The van der Waals surface area contributed by atoms with Gasteiger partial charge in [0.15, 0.2) is 0 Å². The van der Waals surface area contributed by atoms with Crippen LogP contribution in [0, 0.1) is 12.3 Å². The first-order chi connectivity index (χ1) is 11.6. The molecule has 0 amide bonds. The Bertz CT molecular complexity index is 617. The van der Waals surface area contributed by atoms with Crippen LogP contribution in [0.25, 0.3) is 0 Å². The predicted octanol–water partition coefficient (Wildman–Crippen LogP) is 5.38. The Morgan fingerprint density at radius 1 is 0.680 bits per heavy atom. The molecular formula is C23H34O2. The Hall–Kier alpha value is -1.64. The second-order valence-electron chi connectivity index (χ2n) is 8.62. The lowest BCUT2D eigenvalue weighted by Crippen LogP contribution is -2.24. The Morgan fingerprint density at radius 2 is 1.08 bits per heavy atom. The Balaban J connectivity index is 0.000000293. The zero-order valence-corrected chi connectivity index (χ0v) is 16.6. The first-order valence-corrected chi connectivity index (χ1v) is 8.94. The molecule has 0 aliphatic heterocycles. The van der Waals surface area contributed by atoms with Gasteiger partial charge in [-0.05, 0) is 40.9 Å². The van der Waals surface area contributed by atoms with Crippen LogP contribution < -0.4 is 0 Å².